The van der Waals surface area contributed by atoms with Gasteiger partial charge in [0.2, 0.25) is 0 Å². The summed E-state index contributed by atoms with van der Waals surface area (Å²) < 4.78 is 0. The van der Waals surface area contributed by atoms with Gasteiger partial charge >= 0.3 is 0 Å². The Morgan fingerprint density at radius 1 is 1.00 bits per heavy atom. The first-order valence-electron chi connectivity index (χ1n) is 5.64. The van der Waals surface area contributed by atoms with E-state index >= 15 is 0 Å². The van der Waals surface area contributed by atoms with Crippen LogP contribution in [0.3, 0.4) is 0 Å². The molecule has 1 fully saturated rings. The van der Waals surface area contributed by atoms with E-state index in [4.69, 9.17) is 0 Å². The molecule has 0 unspecified atom stereocenters. The fourth-order valence-corrected chi connectivity index (χ4v) is 1.77. The van der Waals surface area contributed by atoms with Gasteiger partial charge in [0.15, 0.2) is 0 Å². The standard InChI is InChI=1S/C11H23N/c1-2-3-4-5-6-7-8-11-9-12-10-11/h11-12H,2-10H2,1H3. The minimum absolute atomic E-state index is 1.02. The van der Waals surface area contributed by atoms with E-state index in [2.05, 4.69) is 12.2 Å². The second-order valence-corrected chi connectivity index (χ2v) is 4.08. The third-order valence-corrected chi connectivity index (χ3v) is 2.83. The van der Waals surface area contributed by atoms with Gasteiger partial charge in [-0.05, 0) is 25.4 Å². The van der Waals surface area contributed by atoms with Crippen LogP contribution >= 0.6 is 0 Å². The van der Waals surface area contributed by atoms with Gasteiger partial charge in [-0.25, -0.2) is 0 Å². The predicted molar refractivity (Wildman–Crippen MR) is 54.4 cm³/mol. The Kier molecular flexibility index (Phi) is 5.42. The number of unbranched alkanes of at least 4 members (excludes halogenated alkanes) is 5. The van der Waals surface area contributed by atoms with E-state index in [0.717, 1.165) is 5.92 Å². The molecule has 1 N–H and O–H groups in total. The Labute approximate surface area is 76.9 Å². The molecule has 0 radical (unpaired) electrons. The van der Waals surface area contributed by atoms with E-state index in [1.165, 1.54) is 58.0 Å². The summed E-state index contributed by atoms with van der Waals surface area (Å²) in [5.41, 5.74) is 0. The summed E-state index contributed by atoms with van der Waals surface area (Å²) in [5.74, 6) is 1.02. The van der Waals surface area contributed by atoms with Crippen molar-refractivity contribution in [3.63, 3.8) is 0 Å². The average molecular weight is 169 g/mol. The van der Waals surface area contributed by atoms with Crippen molar-refractivity contribution in [2.45, 2.75) is 51.9 Å². The summed E-state index contributed by atoms with van der Waals surface area (Å²) in [6.07, 6.45) is 10.1. The molecule has 1 aliphatic rings. The Hall–Kier alpha value is -0.0400. The van der Waals surface area contributed by atoms with E-state index in [9.17, 15) is 0 Å². The van der Waals surface area contributed by atoms with Gasteiger partial charge in [0, 0.05) is 0 Å². The van der Waals surface area contributed by atoms with Crippen LogP contribution in [0.25, 0.3) is 0 Å². The van der Waals surface area contributed by atoms with Crippen LogP contribution in [0.15, 0.2) is 0 Å². The Balaban J connectivity index is 1.70. The van der Waals surface area contributed by atoms with Gasteiger partial charge in [0.05, 0.1) is 0 Å². The van der Waals surface area contributed by atoms with Gasteiger partial charge < -0.3 is 5.32 Å². The molecule has 0 bridgehead atoms. The molecule has 1 aliphatic heterocycles. The largest absolute Gasteiger partial charge is 0.316 e. The minimum Gasteiger partial charge on any atom is -0.316 e. The van der Waals surface area contributed by atoms with Crippen molar-refractivity contribution in [3.05, 3.63) is 0 Å². The highest BCUT2D eigenvalue weighted by Gasteiger charge is 2.14. The van der Waals surface area contributed by atoms with Crippen LogP contribution in [0.4, 0.5) is 0 Å². The van der Waals surface area contributed by atoms with E-state index in [1.54, 1.807) is 0 Å². The molecule has 72 valence electrons. The van der Waals surface area contributed by atoms with Crippen molar-refractivity contribution in [1.29, 1.82) is 0 Å². The Morgan fingerprint density at radius 3 is 2.25 bits per heavy atom. The summed E-state index contributed by atoms with van der Waals surface area (Å²) in [5, 5.41) is 3.32. The van der Waals surface area contributed by atoms with Gasteiger partial charge in [0.25, 0.3) is 0 Å². The van der Waals surface area contributed by atoms with Crippen LogP contribution < -0.4 is 5.32 Å². The molecule has 1 heteroatoms. The highest BCUT2D eigenvalue weighted by atomic mass is 14.9. The van der Waals surface area contributed by atoms with Crippen LogP contribution in [0.5, 0.6) is 0 Å². The minimum atomic E-state index is 1.02. The monoisotopic (exact) mass is 169 g/mol. The molecule has 1 heterocycles. The SMILES string of the molecule is CCCCCCCCC1CNC1. The molecule has 1 saturated heterocycles. The van der Waals surface area contributed by atoms with Crippen LogP contribution in [-0.2, 0) is 0 Å². The lowest BCUT2D eigenvalue weighted by molar-refractivity contribution is 0.316. The summed E-state index contributed by atoms with van der Waals surface area (Å²) in [6, 6.07) is 0. The fraction of sp³-hybridized carbons (Fsp3) is 1.00. The molecule has 0 amide bonds. The van der Waals surface area contributed by atoms with Crippen molar-refractivity contribution < 1.29 is 0 Å². The quantitative estimate of drug-likeness (QED) is 0.578. The Bertz CT molecular complexity index is 97.2. The summed E-state index contributed by atoms with van der Waals surface area (Å²) in [7, 11) is 0. The highest BCUT2D eigenvalue weighted by Crippen LogP contribution is 2.14. The van der Waals surface area contributed by atoms with Crippen LogP contribution in [0, 0.1) is 5.92 Å². The van der Waals surface area contributed by atoms with Gasteiger partial charge in [-0.2, -0.15) is 0 Å². The molecule has 0 aromatic rings. The van der Waals surface area contributed by atoms with Gasteiger partial charge in [0.1, 0.15) is 0 Å². The van der Waals surface area contributed by atoms with Gasteiger partial charge in [-0.15, -0.1) is 0 Å². The molecule has 0 spiro atoms. The van der Waals surface area contributed by atoms with Gasteiger partial charge in [-0.1, -0.05) is 45.4 Å². The first kappa shape index (κ1) is 10.0. The number of nitrogens with one attached hydrogen (secondary N) is 1. The molecular weight excluding hydrogens is 146 g/mol. The Morgan fingerprint density at radius 2 is 1.67 bits per heavy atom. The number of rotatable bonds is 7. The normalized spacial score (nSPS) is 17.8. The zero-order valence-corrected chi connectivity index (χ0v) is 8.44. The lowest BCUT2D eigenvalue weighted by Gasteiger charge is -2.26. The topological polar surface area (TPSA) is 12.0 Å². The second kappa shape index (κ2) is 6.47. The highest BCUT2D eigenvalue weighted by molar-refractivity contribution is 4.73. The lowest BCUT2D eigenvalue weighted by Crippen LogP contribution is -2.41. The first-order valence-corrected chi connectivity index (χ1v) is 5.64. The van der Waals surface area contributed by atoms with E-state index in [-0.39, 0.29) is 0 Å². The third kappa shape index (κ3) is 4.10. The van der Waals surface area contributed by atoms with Crippen LogP contribution in [-0.4, -0.2) is 13.1 Å². The molecule has 12 heavy (non-hydrogen) atoms. The summed E-state index contributed by atoms with van der Waals surface area (Å²) in [6.45, 7) is 4.85. The van der Waals surface area contributed by atoms with E-state index < -0.39 is 0 Å². The lowest BCUT2D eigenvalue weighted by atomic mass is 9.95. The molecule has 0 aromatic carbocycles. The van der Waals surface area contributed by atoms with Crippen LogP contribution in [0.1, 0.15) is 51.9 Å². The molecule has 1 rings (SSSR count). The zero-order chi connectivity index (χ0) is 8.65. The van der Waals surface area contributed by atoms with Crippen molar-refractivity contribution in [3.8, 4) is 0 Å². The zero-order valence-electron chi connectivity index (χ0n) is 8.44. The van der Waals surface area contributed by atoms with Crippen LogP contribution in [0.2, 0.25) is 0 Å². The molecule has 1 nitrogen and oxygen atoms in total. The summed E-state index contributed by atoms with van der Waals surface area (Å²) >= 11 is 0. The molecule has 0 aromatic heterocycles. The van der Waals surface area contributed by atoms with Crippen molar-refractivity contribution >= 4 is 0 Å². The number of hydrogen-bond acceptors (Lipinski definition) is 1. The maximum Gasteiger partial charge on any atom is -0.000826 e. The second-order valence-electron chi connectivity index (χ2n) is 4.08. The van der Waals surface area contributed by atoms with Crippen molar-refractivity contribution in [2.75, 3.05) is 13.1 Å². The van der Waals surface area contributed by atoms with Gasteiger partial charge in [-0.3, -0.25) is 0 Å². The number of hydrogen-bond donors (Lipinski definition) is 1. The first-order chi connectivity index (χ1) is 5.93. The molecule has 0 saturated carbocycles. The third-order valence-electron chi connectivity index (χ3n) is 2.83. The maximum atomic E-state index is 3.32. The van der Waals surface area contributed by atoms with Crippen molar-refractivity contribution in [2.24, 2.45) is 5.92 Å². The maximum absolute atomic E-state index is 3.32. The average Bonchev–Trinajstić information content (AvgIpc) is 2.00. The fourth-order valence-electron chi connectivity index (χ4n) is 1.77. The predicted octanol–water partition coefficient (Wildman–Crippen LogP) is 2.96. The smallest absolute Gasteiger partial charge is 0.000826 e. The van der Waals surface area contributed by atoms with Crippen molar-refractivity contribution in [1.82, 2.24) is 5.32 Å². The summed E-state index contributed by atoms with van der Waals surface area (Å²) in [4.78, 5) is 0. The molecule has 0 aliphatic carbocycles. The van der Waals surface area contributed by atoms with E-state index in [0.29, 0.717) is 0 Å². The van der Waals surface area contributed by atoms with E-state index in [1.807, 2.05) is 0 Å². The molecular formula is C11H23N. The molecule has 0 atom stereocenters.